The van der Waals surface area contributed by atoms with Gasteiger partial charge in [-0.25, -0.2) is 0 Å². The third-order valence-electron chi connectivity index (χ3n) is 1.17. The van der Waals surface area contributed by atoms with E-state index in [9.17, 15) is 0 Å². The van der Waals surface area contributed by atoms with Gasteiger partial charge in [-0.3, -0.25) is 0 Å². The van der Waals surface area contributed by atoms with Crippen LogP contribution in [0.15, 0.2) is 23.8 Å². The van der Waals surface area contributed by atoms with Crippen molar-refractivity contribution in [1.29, 1.82) is 0 Å². The summed E-state index contributed by atoms with van der Waals surface area (Å²) in [6.45, 7) is 13.0. The van der Waals surface area contributed by atoms with Crippen LogP contribution in [0.25, 0.3) is 0 Å². The van der Waals surface area contributed by atoms with Crippen LogP contribution in [0.1, 0.15) is 13.8 Å². The van der Waals surface area contributed by atoms with Crippen molar-refractivity contribution in [3.63, 3.8) is 0 Å². The monoisotopic (exact) mass is 247 g/mol. The molecule has 0 heterocycles. The summed E-state index contributed by atoms with van der Waals surface area (Å²) in [5, 5.41) is 2.86. The van der Waals surface area contributed by atoms with Crippen LogP contribution in [0.3, 0.4) is 0 Å². The average Bonchev–Trinajstić information content (AvgIpc) is 2.76. The van der Waals surface area contributed by atoms with Crippen molar-refractivity contribution in [2.24, 2.45) is 0 Å². The number of rotatable bonds is 1. The third kappa shape index (κ3) is 24.7. The minimum absolute atomic E-state index is 1.07. The summed E-state index contributed by atoms with van der Waals surface area (Å²) in [6.07, 6.45) is 8.24. The molecule has 1 N–H and O–H groups in total. The average molecular weight is 247 g/mol. The van der Waals surface area contributed by atoms with E-state index in [0.29, 0.717) is 0 Å². The predicted octanol–water partition coefficient (Wildman–Crippen LogP) is 1.53. The van der Waals surface area contributed by atoms with Crippen molar-refractivity contribution in [2.75, 3.05) is 7.05 Å². The van der Waals surface area contributed by atoms with Crippen LogP contribution >= 0.6 is 0 Å². The molecule has 3 nitrogen and oxygen atoms in total. The number of nitrogens with one attached hydrogen (secondary N) is 1. The first-order chi connectivity index (χ1) is 7.16. The molecule has 0 saturated heterocycles. The summed E-state index contributed by atoms with van der Waals surface area (Å²) in [5.74, 6) is 0. The van der Waals surface area contributed by atoms with E-state index < -0.39 is 0 Å². The zero-order valence-corrected chi connectivity index (χ0v) is 10.2. The van der Waals surface area contributed by atoms with Gasteiger partial charge in [0.15, 0.2) is 0 Å². The van der Waals surface area contributed by atoms with Gasteiger partial charge in [0.25, 0.3) is 0 Å². The number of hydrogen-bond acceptors (Lipinski definition) is 1. The van der Waals surface area contributed by atoms with Crippen LogP contribution in [-0.4, -0.2) is 11.6 Å². The maximum absolute atomic E-state index is 7.50. The van der Waals surface area contributed by atoms with Crippen LogP contribution in [-0.2, 0) is 24.9 Å². The van der Waals surface area contributed by atoms with E-state index >= 15 is 0 Å². The maximum atomic E-state index is 7.50. The van der Waals surface area contributed by atoms with Crippen LogP contribution in [0.5, 0.6) is 0 Å². The Morgan fingerprint density at radius 2 is 1.67 bits per heavy atom. The molecule has 82 valence electrons. The summed E-state index contributed by atoms with van der Waals surface area (Å²) in [4.78, 5) is 0. The molecule has 0 aromatic carbocycles. The summed E-state index contributed by atoms with van der Waals surface area (Å²) >= 11 is 3.18. The molecule has 0 unspecified atom stereocenters. The Balaban J connectivity index is -0.000000146. The Kier molecular flexibility index (Phi) is 25.1. The van der Waals surface area contributed by atoms with E-state index in [0.717, 1.165) is 4.54 Å². The molecule has 1 aliphatic rings. The van der Waals surface area contributed by atoms with Gasteiger partial charge in [0, 0.05) is 6.42 Å². The molecule has 0 aliphatic heterocycles. The van der Waals surface area contributed by atoms with E-state index in [2.05, 4.69) is 53.6 Å². The van der Waals surface area contributed by atoms with E-state index in [1.54, 1.807) is 0 Å². The minimum atomic E-state index is 1.07. The normalized spacial score (nSPS) is 10.2. The van der Waals surface area contributed by atoms with Crippen molar-refractivity contribution in [3.8, 4) is 0 Å². The Morgan fingerprint density at radius 1 is 1.27 bits per heavy atom. The molecular formula is C11H14MnNO2. The molecule has 0 aromatic rings. The molecule has 15 heavy (non-hydrogen) atoms. The predicted molar refractivity (Wildman–Crippen MR) is 54.8 cm³/mol. The van der Waals surface area contributed by atoms with Gasteiger partial charge in [-0.2, -0.15) is 0 Å². The SMILES string of the molecule is CC1=CC=C[CH]1.CN[C](C)=[Mn].[C-]#[O+].[C-]#[O+]. The van der Waals surface area contributed by atoms with E-state index in [-0.39, 0.29) is 0 Å². The molecule has 0 bridgehead atoms. The molecule has 0 aromatic heterocycles. The summed E-state index contributed by atoms with van der Waals surface area (Å²) in [6, 6.07) is 0. The zero-order valence-electron chi connectivity index (χ0n) is 9.00. The van der Waals surface area contributed by atoms with Gasteiger partial charge in [-0.05, 0) is 6.92 Å². The van der Waals surface area contributed by atoms with E-state index in [1.165, 1.54) is 5.57 Å². The van der Waals surface area contributed by atoms with Crippen molar-refractivity contribution < 1.29 is 24.9 Å². The Hall–Kier alpha value is -0.691. The standard InChI is InChI=1S/C6H7.C3H7N.2CO.Mn/c1-6-4-2-3-5-6;1-3-4-2;2*1-2;/h2-5H,1H3;4H,1-2H3;;;. The number of hydrogen-bond donors (Lipinski definition) is 1. The van der Waals surface area contributed by atoms with Gasteiger partial charge >= 0.3 is 62.0 Å². The second kappa shape index (κ2) is 19.0. The molecule has 0 saturated carbocycles. The summed E-state index contributed by atoms with van der Waals surface area (Å²) < 4.78 is 16.1. The molecule has 1 rings (SSSR count). The molecule has 1 aliphatic carbocycles. The molecule has 0 spiro atoms. The van der Waals surface area contributed by atoms with Crippen molar-refractivity contribution in [1.82, 2.24) is 5.32 Å². The van der Waals surface area contributed by atoms with E-state index in [4.69, 9.17) is 9.30 Å². The van der Waals surface area contributed by atoms with Crippen LogP contribution in [0.2, 0.25) is 0 Å². The molecule has 0 atom stereocenters. The van der Waals surface area contributed by atoms with Gasteiger partial charge in [0.05, 0.1) is 0 Å². The topological polar surface area (TPSA) is 51.8 Å². The molecule has 0 fully saturated rings. The second-order valence-electron chi connectivity index (χ2n) is 2.25. The molecule has 4 heteroatoms. The van der Waals surface area contributed by atoms with Crippen LogP contribution < -0.4 is 5.32 Å². The van der Waals surface area contributed by atoms with Gasteiger partial charge in [-0.15, -0.1) is 0 Å². The second-order valence-corrected chi connectivity index (χ2v) is 3.13. The molecular weight excluding hydrogens is 233 g/mol. The quantitative estimate of drug-likeness (QED) is 0.426. The summed E-state index contributed by atoms with van der Waals surface area (Å²) in [5.41, 5.74) is 1.34. The van der Waals surface area contributed by atoms with Crippen molar-refractivity contribution >= 4 is 4.54 Å². The fourth-order valence-corrected chi connectivity index (χ4v) is 0.470. The molecule has 1 radical (unpaired) electrons. The first-order valence-corrected chi connectivity index (χ1v) is 4.51. The fourth-order valence-electron chi connectivity index (χ4n) is 0.470. The van der Waals surface area contributed by atoms with Gasteiger partial charge < -0.3 is 0 Å². The Labute approximate surface area is 99.4 Å². The Morgan fingerprint density at radius 3 is 1.73 bits per heavy atom. The Bertz CT molecular complexity index is 246. The van der Waals surface area contributed by atoms with Gasteiger partial charge in [-0.1, -0.05) is 23.8 Å². The van der Waals surface area contributed by atoms with Crippen molar-refractivity contribution in [2.45, 2.75) is 13.8 Å². The number of allylic oxidation sites excluding steroid dienone is 4. The van der Waals surface area contributed by atoms with Crippen LogP contribution in [0, 0.1) is 19.7 Å². The van der Waals surface area contributed by atoms with Crippen LogP contribution in [0.4, 0.5) is 0 Å². The molecule has 0 amide bonds. The summed E-state index contributed by atoms with van der Waals surface area (Å²) in [7, 11) is 1.87. The van der Waals surface area contributed by atoms with Gasteiger partial charge in [0.1, 0.15) is 0 Å². The fraction of sp³-hybridized carbons (Fsp3) is 0.273. The van der Waals surface area contributed by atoms with Gasteiger partial charge in [0.2, 0.25) is 0 Å². The van der Waals surface area contributed by atoms with Crippen molar-refractivity contribution in [3.05, 3.63) is 43.5 Å². The first-order valence-electron chi connectivity index (χ1n) is 3.92. The van der Waals surface area contributed by atoms with E-state index in [1.807, 2.05) is 26.1 Å². The zero-order chi connectivity index (χ0) is 12.7. The third-order valence-corrected chi connectivity index (χ3v) is 1.47. The first kappa shape index (κ1) is 19.8.